The average molecular weight is 228 g/mol. The number of rotatable bonds is 2. The summed E-state index contributed by atoms with van der Waals surface area (Å²) in [6.45, 7) is 0. The predicted molar refractivity (Wildman–Crippen MR) is 70.9 cm³/mol. The Morgan fingerprint density at radius 1 is 0.765 bits per heavy atom. The van der Waals surface area contributed by atoms with E-state index in [0.717, 1.165) is 5.56 Å². The molecule has 4 heteroatoms. The van der Waals surface area contributed by atoms with Crippen LogP contribution in [-0.2, 0) is 5.66 Å². The molecule has 0 atom stereocenters. The molecule has 0 bridgehead atoms. The third kappa shape index (κ3) is 1.95. The van der Waals surface area contributed by atoms with Gasteiger partial charge in [-0.1, -0.05) is 42.5 Å². The van der Waals surface area contributed by atoms with Gasteiger partial charge in [0.05, 0.1) is 11.4 Å². The van der Waals surface area contributed by atoms with Crippen LogP contribution in [0.4, 0.5) is 11.4 Å². The fourth-order valence-corrected chi connectivity index (χ4v) is 1.81. The summed E-state index contributed by atoms with van der Waals surface area (Å²) in [7, 11) is 0. The molecule has 4 nitrogen and oxygen atoms in total. The Hall–Kier alpha value is -2.04. The van der Waals surface area contributed by atoms with Crippen molar-refractivity contribution in [3.05, 3.63) is 59.7 Å². The lowest BCUT2D eigenvalue weighted by atomic mass is 9.91. The van der Waals surface area contributed by atoms with Crippen molar-refractivity contribution in [3.63, 3.8) is 0 Å². The Morgan fingerprint density at radius 3 is 2.06 bits per heavy atom. The van der Waals surface area contributed by atoms with Crippen LogP contribution in [-0.4, -0.2) is 0 Å². The topological polar surface area (TPSA) is 104 Å². The van der Waals surface area contributed by atoms with Gasteiger partial charge in [-0.05, 0) is 11.6 Å². The van der Waals surface area contributed by atoms with E-state index in [2.05, 4.69) is 0 Å². The molecule has 0 aliphatic carbocycles. The highest BCUT2D eigenvalue weighted by Crippen LogP contribution is 2.29. The van der Waals surface area contributed by atoms with Gasteiger partial charge in [-0.25, -0.2) is 0 Å². The Labute approximate surface area is 100 Å². The number of hydrogen-bond donors (Lipinski definition) is 4. The summed E-state index contributed by atoms with van der Waals surface area (Å²) < 4.78 is 0. The van der Waals surface area contributed by atoms with Gasteiger partial charge < -0.3 is 22.9 Å². The van der Waals surface area contributed by atoms with Gasteiger partial charge in [0.2, 0.25) is 0 Å². The minimum Gasteiger partial charge on any atom is -0.397 e. The molecule has 0 radical (unpaired) electrons. The molecule has 0 fully saturated rings. The zero-order valence-electron chi connectivity index (χ0n) is 9.43. The highest BCUT2D eigenvalue weighted by atomic mass is 15.0. The van der Waals surface area contributed by atoms with Crippen molar-refractivity contribution in [3.8, 4) is 0 Å². The van der Waals surface area contributed by atoms with E-state index < -0.39 is 5.66 Å². The summed E-state index contributed by atoms with van der Waals surface area (Å²) in [5.41, 5.74) is 25.2. The van der Waals surface area contributed by atoms with E-state index >= 15 is 0 Å². The Morgan fingerprint density at radius 2 is 1.41 bits per heavy atom. The summed E-state index contributed by atoms with van der Waals surface area (Å²) in [5, 5.41) is 0. The predicted octanol–water partition coefficient (Wildman–Crippen LogP) is 0.969. The zero-order valence-corrected chi connectivity index (χ0v) is 9.43. The maximum atomic E-state index is 6.17. The number of anilines is 2. The lowest BCUT2D eigenvalue weighted by Gasteiger charge is -2.27. The van der Waals surface area contributed by atoms with Crippen LogP contribution in [0.5, 0.6) is 0 Å². The summed E-state index contributed by atoms with van der Waals surface area (Å²) in [5.74, 6) is 0. The summed E-state index contributed by atoms with van der Waals surface area (Å²) in [6, 6.07) is 14.7. The molecule has 0 amide bonds. The van der Waals surface area contributed by atoms with Gasteiger partial charge in [-0.2, -0.15) is 0 Å². The van der Waals surface area contributed by atoms with E-state index in [0.29, 0.717) is 16.9 Å². The molecule has 0 aromatic heterocycles. The molecule has 0 aliphatic heterocycles. The van der Waals surface area contributed by atoms with Crippen LogP contribution in [0.3, 0.4) is 0 Å². The summed E-state index contributed by atoms with van der Waals surface area (Å²) in [4.78, 5) is 0. The van der Waals surface area contributed by atoms with Crippen molar-refractivity contribution in [2.45, 2.75) is 5.66 Å². The molecule has 0 unspecified atom stereocenters. The lowest BCUT2D eigenvalue weighted by molar-refractivity contribution is 0.570. The van der Waals surface area contributed by atoms with Crippen LogP contribution < -0.4 is 22.9 Å². The molecule has 17 heavy (non-hydrogen) atoms. The second-order valence-electron chi connectivity index (χ2n) is 4.04. The highest BCUT2D eigenvalue weighted by molar-refractivity contribution is 5.69. The minimum absolute atomic E-state index is 0.432. The summed E-state index contributed by atoms with van der Waals surface area (Å²) >= 11 is 0. The zero-order chi connectivity index (χ0) is 12.5. The van der Waals surface area contributed by atoms with Crippen molar-refractivity contribution >= 4 is 11.4 Å². The van der Waals surface area contributed by atoms with E-state index in [1.165, 1.54) is 0 Å². The second-order valence-corrected chi connectivity index (χ2v) is 4.04. The van der Waals surface area contributed by atoms with Gasteiger partial charge in [-0.15, -0.1) is 0 Å². The number of hydrogen-bond acceptors (Lipinski definition) is 4. The van der Waals surface area contributed by atoms with Gasteiger partial charge in [0.1, 0.15) is 5.66 Å². The fraction of sp³-hybridized carbons (Fsp3) is 0.0769. The number of nitrogen functional groups attached to an aromatic ring is 2. The fourth-order valence-electron chi connectivity index (χ4n) is 1.81. The third-order valence-corrected chi connectivity index (χ3v) is 2.84. The monoisotopic (exact) mass is 228 g/mol. The molecule has 0 saturated carbocycles. The average Bonchev–Trinajstić information content (AvgIpc) is 2.33. The van der Waals surface area contributed by atoms with Crippen LogP contribution in [0, 0.1) is 0 Å². The van der Waals surface area contributed by atoms with Gasteiger partial charge >= 0.3 is 0 Å². The minimum atomic E-state index is -1.14. The number of nitrogens with two attached hydrogens (primary N) is 4. The van der Waals surface area contributed by atoms with E-state index in [-0.39, 0.29) is 0 Å². The molecule has 0 heterocycles. The standard InChI is InChI=1S/C13H16N4/c14-11-8-4-7-10(12(11)15)13(16,17)9-5-2-1-3-6-9/h1-8H,14-17H2. The quantitative estimate of drug-likeness (QED) is 0.454. The molecule has 88 valence electrons. The lowest BCUT2D eigenvalue weighted by Crippen LogP contribution is -2.47. The first kappa shape index (κ1) is 11.4. The van der Waals surface area contributed by atoms with Crippen molar-refractivity contribution in [2.75, 3.05) is 11.5 Å². The maximum absolute atomic E-state index is 6.17. The smallest absolute Gasteiger partial charge is 0.118 e. The maximum Gasteiger partial charge on any atom is 0.118 e. The molecule has 8 N–H and O–H groups in total. The van der Waals surface area contributed by atoms with Crippen LogP contribution in [0.15, 0.2) is 48.5 Å². The van der Waals surface area contributed by atoms with E-state index in [9.17, 15) is 0 Å². The van der Waals surface area contributed by atoms with E-state index in [1.807, 2.05) is 30.3 Å². The molecular formula is C13H16N4. The second kappa shape index (κ2) is 4.08. The molecule has 2 rings (SSSR count). The van der Waals surface area contributed by atoms with Crippen molar-refractivity contribution in [2.24, 2.45) is 11.5 Å². The summed E-state index contributed by atoms with van der Waals surface area (Å²) in [6.07, 6.45) is 0. The first-order valence-corrected chi connectivity index (χ1v) is 5.31. The van der Waals surface area contributed by atoms with Crippen molar-refractivity contribution in [1.29, 1.82) is 0 Å². The molecular weight excluding hydrogens is 212 g/mol. The Bertz CT molecular complexity index is 520. The van der Waals surface area contributed by atoms with Gasteiger partial charge in [-0.3, -0.25) is 0 Å². The first-order chi connectivity index (χ1) is 8.03. The third-order valence-electron chi connectivity index (χ3n) is 2.84. The number of benzene rings is 2. The van der Waals surface area contributed by atoms with Crippen LogP contribution in [0.1, 0.15) is 11.1 Å². The molecule has 0 aliphatic rings. The van der Waals surface area contributed by atoms with Crippen LogP contribution >= 0.6 is 0 Å². The molecule has 0 spiro atoms. The highest BCUT2D eigenvalue weighted by Gasteiger charge is 2.26. The van der Waals surface area contributed by atoms with Crippen LogP contribution in [0.25, 0.3) is 0 Å². The largest absolute Gasteiger partial charge is 0.397 e. The first-order valence-electron chi connectivity index (χ1n) is 5.31. The van der Waals surface area contributed by atoms with Crippen LogP contribution in [0.2, 0.25) is 0 Å². The normalized spacial score (nSPS) is 11.4. The van der Waals surface area contributed by atoms with Gasteiger partial charge in [0.15, 0.2) is 0 Å². The van der Waals surface area contributed by atoms with Crippen molar-refractivity contribution < 1.29 is 0 Å². The SMILES string of the molecule is Nc1cccc(C(N)(N)c2ccccc2)c1N. The van der Waals surface area contributed by atoms with Gasteiger partial charge in [0.25, 0.3) is 0 Å². The Balaban J connectivity index is 2.56. The number of para-hydroxylation sites is 1. The molecule has 2 aromatic carbocycles. The van der Waals surface area contributed by atoms with Crippen molar-refractivity contribution in [1.82, 2.24) is 0 Å². The Kier molecular flexibility index (Phi) is 2.75. The van der Waals surface area contributed by atoms with Gasteiger partial charge in [0, 0.05) is 5.56 Å². The van der Waals surface area contributed by atoms with E-state index in [1.54, 1.807) is 18.2 Å². The van der Waals surface area contributed by atoms with E-state index in [4.69, 9.17) is 22.9 Å². The molecule has 0 saturated heterocycles. The molecule has 2 aromatic rings.